The van der Waals surface area contributed by atoms with Crippen molar-refractivity contribution in [1.82, 2.24) is 0 Å². The molecule has 0 aliphatic heterocycles. The average Bonchev–Trinajstić information content (AvgIpc) is 3.20. The number of aryl methyl sites for hydroxylation is 2. The van der Waals surface area contributed by atoms with Crippen LogP contribution < -0.4 is 10.1 Å². The van der Waals surface area contributed by atoms with E-state index in [-0.39, 0.29) is 5.91 Å². The van der Waals surface area contributed by atoms with Crippen LogP contribution in [0, 0.1) is 0 Å². The molecule has 1 amide bonds. The Morgan fingerprint density at radius 2 is 1.56 bits per heavy atom. The zero-order valence-electron chi connectivity index (χ0n) is 17.8. The second-order valence-electron chi connectivity index (χ2n) is 7.74. The lowest BCUT2D eigenvalue weighted by atomic mass is 9.99. The first-order valence-corrected chi connectivity index (χ1v) is 10.7. The fourth-order valence-electron chi connectivity index (χ4n) is 4.09. The molecular formula is C28H23NO3. The van der Waals surface area contributed by atoms with Gasteiger partial charge in [0.2, 0.25) is 0 Å². The highest BCUT2D eigenvalue weighted by Gasteiger charge is 2.16. The molecule has 5 rings (SSSR count). The number of furan rings is 1. The number of benzene rings is 4. The van der Waals surface area contributed by atoms with Crippen LogP contribution in [0.15, 0.2) is 95.4 Å². The summed E-state index contributed by atoms with van der Waals surface area (Å²) in [6, 6.07) is 29.6. The Labute approximate surface area is 186 Å². The van der Waals surface area contributed by atoms with Gasteiger partial charge in [0.25, 0.3) is 5.91 Å². The van der Waals surface area contributed by atoms with Crippen LogP contribution in [0.1, 0.15) is 21.5 Å². The fourth-order valence-corrected chi connectivity index (χ4v) is 4.09. The molecule has 4 nitrogen and oxygen atoms in total. The van der Waals surface area contributed by atoms with Gasteiger partial charge in [0.15, 0.2) is 0 Å². The third-order valence-electron chi connectivity index (χ3n) is 5.73. The molecule has 0 atom stereocenters. The first-order valence-electron chi connectivity index (χ1n) is 10.7. The van der Waals surface area contributed by atoms with E-state index >= 15 is 0 Å². The number of para-hydroxylation sites is 1. The van der Waals surface area contributed by atoms with E-state index in [4.69, 9.17) is 9.15 Å². The number of hydrogen-bond acceptors (Lipinski definition) is 3. The predicted molar refractivity (Wildman–Crippen MR) is 129 cm³/mol. The second-order valence-corrected chi connectivity index (χ2v) is 7.74. The molecule has 0 saturated carbocycles. The maximum atomic E-state index is 13.2. The minimum atomic E-state index is -0.164. The number of rotatable bonds is 6. The summed E-state index contributed by atoms with van der Waals surface area (Å²) in [5.41, 5.74) is 5.02. The van der Waals surface area contributed by atoms with Crippen molar-refractivity contribution < 1.29 is 13.9 Å². The predicted octanol–water partition coefficient (Wildman–Crippen LogP) is 6.63. The minimum absolute atomic E-state index is 0.164. The maximum Gasteiger partial charge on any atom is 0.256 e. The molecule has 0 spiro atoms. The number of ether oxygens (including phenoxy) is 1. The van der Waals surface area contributed by atoms with Crippen LogP contribution in [0.2, 0.25) is 0 Å². The van der Waals surface area contributed by atoms with Gasteiger partial charge in [-0.2, -0.15) is 0 Å². The summed E-state index contributed by atoms with van der Waals surface area (Å²) >= 11 is 0. The highest BCUT2D eigenvalue weighted by molar-refractivity contribution is 6.10. The molecule has 0 aliphatic carbocycles. The summed E-state index contributed by atoms with van der Waals surface area (Å²) < 4.78 is 11.6. The number of nitrogens with one attached hydrogen (secondary N) is 1. The van der Waals surface area contributed by atoms with Crippen LogP contribution >= 0.6 is 0 Å². The lowest BCUT2D eigenvalue weighted by Gasteiger charge is -2.13. The third-order valence-corrected chi connectivity index (χ3v) is 5.73. The smallest absolute Gasteiger partial charge is 0.256 e. The maximum absolute atomic E-state index is 13.2. The standard InChI is InChI=1S/C28H23NO3/c1-31-27-17-23-22-13-7-8-14-25(22)32-26(23)18-24(27)29-28(30)21-12-6-5-11-20(21)16-15-19-9-3-2-4-10-19/h2-14,17-18H,15-16H2,1H3,(H,29,30). The van der Waals surface area contributed by atoms with Crippen molar-refractivity contribution in [2.45, 2.75) is 12.8 Å². The highest BCUT2D eigenvalue weighted by atomic mass is 16.5. The first kappa shape index (κ1) is 19.9. The van der Waals surface area contributed by atoms with Crippen LogP contribution in [-0.4, -0.2) is 13.0 Å². The Kier molecular flexibility index (Phi) is 5.34. The number of anilines is 1. The van der Waals surface area contributed by atoms with Crippen LogP contribution in [-0.2, 0) is 12.8 Å². The zero-order chi connectivity index (χ0) is 21.9. The van der Waals surface area contributed by atoms with Crippen LogP contribution in [0.25, 0.3) is 21.9 Å². The molecule has 1 aromatic heterocycles. The number of amides is 1. The van der Waals surface area contributed by atoms with Gasteiger partial charge in [-0.15, -0.1) is 0 Å². The van der Waals surface area contributed by atoms with Crippen LogP contribution in [0.5, 0.6) is 5.75 Å². The first-order chi connectivity index (χ1) is 15.7. The second kappa shape index (κ2) is 8.60. The molecule has 0 bridgehead atoms. The lowest BCUT2D eigenvalue weighted by molar-refractivity contribution is 0.102. The Morgan fingerprint density at radius 1 is 0.812 bits per heavy atom. The van der Waals surface area contributed by atoms with Gasteiger partial charge >= 0.3 is 0 Å². The quantitative estimate of drug-likeness (QED) is 0.335. The molecule has 158 valence electrons. The number of hydrogen-bond donors (Lipinski definition) is 1. The van der Waals surface area contributed by atoms with Gasteiger partial charge in [0.05, 0.1) is 12.8 Å². The van der Waals surface area contributed by atoms with Crippen molar-refractivity contribution in [3.8, 4) is 5.75 Å². The SMILES string of the molecule is COc1cc2c(cc1NC(=O)c1ccccc1CCc1ccccc1)oc1ccccc12. The molecule has 1 N–H and O–H groups in total. The molecule has 5 aromatic rings. The summed E-state index contributed by atoms with van der Waals surface area (Å²) in [6.07, 6.45) is 1.66. The van der Waals surface area contributed by atoms with Crippen molar-refractivity contribution in [1.29, 1.82) is 0 Å². The number of methoxy groups -OCH3 is 1. The fraction of sp³-hybridized carbons (Fsp3) is 0.107. The van der Waals surface area contributed by atoms with E-state index in [1.807, 2.05) is 78.9 Å². The molecule has 0 radical (unpaired) electrons. The molecule has 0 unspecified atom stereocenters. The molecule has 4 heteroatoms. The summed E-state index contributed by atoms with van der Waals surface area (Å²) in [6.45, 7) is 0. The zero-order valence-corrected chi connectivity index (χ0v) is 17.8. The lowest BCUT2D eigenvalue weighted by Crippen LogP contribution is -2.15. The third kappa shape index (κ3) is 3.83. The monoisotopic (exact) mass is 421 g/mol. The van der Waals surface area contributed by atoms with Gasteiger partial charge in [-0.1, -0.05) is 66.7 Å². The molecule has 0 saturated heterocycles. The summed E-state index contributed by atoms with van der Waals surface area (Å²) in [5, 5.41) is 5.00. The topological polar surface area (TPSA) is 51.5 Å². The number of fused-ring (bicyclic) bond motifs is 3. The normalized spacial score (nSPS) is 11.0. The van der Waals surface area contributed by atoms with Crippen molar-refractivity contribution in [3.05, 3.63) is 108 Å². The largest absolute Gasteiger partial charge is 0.495 e. The molecule has 4 aromatic carbocycles. The summed E-state index contributed by atoms with van der Waals surface area (Å²) in [7, 11) is 1.60. The van der Waals surface area contributed by atoms with Gasteiger partial charge in [-0.3, -0.25) is 4.79 Å². The summed E-state index contributed by atoms with van der Waals surface area (Å²) in [5.74, 6) is 0.432. The van der Waals surface area contributed by atoms with E-state index in [0.29, 0.717) is 22.6 Å². The highest BCUT2D eigenvalue weighted by Crippen LogP contribution is 2.36. The van der Waals surface area contributed by atoms with Gasteiger partial charge in [0.1, 0.15) is 16.9 Å². The molecule has 32 heavy (non-hydrogen) atoms. The van der Waals surface area contributed by atoms with Gasteiger partial charge in [-0.05, 0) is 42.2 Å². The Balaban J connectivity index is 1.44. The number of carbonyl (C=O) groups excluding carboxylic acids is 1. The van der Waals surface area contributed by atoms with Crippen molar-refractivity contribution in [2.75, 3.05) is 12.4 Å². The van der Waals surface area contributed by atoms with Gasteiger partial charge < -0.3 is 14.5 Å². The number of carbonyl (C=O) groups is 1. The Bertz CT molecular complexity index is 1400. The minimum Gasteiger partial charge on any atom is -0.495 e. The average molecular weight is 421 g/mol. The van der Waals surface area contributed by atoms with Crippen molar-refractivity contribution in [3.63, 3.8) is 0 Å². The molecule has 1 heterocycles. The van der Waals surface area contributed by atoms with Crippen molar-refractivity contribution in [2.24, 2.45) is 0 Å². The van der Waals surface area contributed by atoms with E-state index in [1.54, 1.807) is 7.11 Å². The van der Waals surface area contributed by atoms with Gasteiger partial charge in [0, 0.05) is 22.4 Å². The molecule has 0 fully saturated rings. The molecule has 0 aliphatic rings. The van der Waals surface area contributed by atoms with E-state index in [1.165, 1.54) is 5.56 Å². The molecular weight excluding hydrogens is 398 g/mol. The van der Waals surface area contributed by atoms with E-state index < -0.39 is 0 Å². The van der Waals surface area contributed by atoms with E-state index in [0.717, 1.165) is 34.8 Å². The van der Waals surface area contributed by atoms with Crippen molar-refractivity contribution >= 4 is 33.5 Å². The van der Waals surface area contributed by atoms with Gasteiger partial charge in [-0.25, -0.2) is 0 Å². The Morgan fingerprint density at radius 3 is 2.41 bits per heavy atom. The van der Waals surface area contributed by atoms with Crippen LogP contribution in [0.4, 0.5) is 5.69 Å². The summed E-state index contributed by atoms with van der Waals surface area (Å²) in [4.78, 5) is 13.2. The Hall–Kier alpha value is -4.05. The van der Waals surface area contributed by atoms with E-state index in [2.05, 4.69) is 17.4 Å². The van der Waals surface area contributed by atoms with Crippen LogP contribution in [0.3, 0.4) is 0 Å². The van der Waals surface area contributed by atoms with E-state index in [9.17, 15) is 4.79 Å².